The van der Waals surface area contributed by atoms with Crippen LogP contribution in [0.25, 0.3) is 10.8 Å². The summed E-state index contributed by atoms with van der Waals surface area (Å²) in [4.78, 5) is 0. The molecule has 1 fully saturated rings. The summed E-state index contributed by atoms with van der Waals surface area (Å²) in [5, 5.41) is 6.28. The van der Waals surface area contributed by atoms with E-state index in [1.807, 2.05) is 7.11 Å². The Bertz CT molecular complexity index is 601. The lowest BCUT2D eigenvalue weighted by atomic mass is 9.86. The first-order valence-corrected chi connectivity index (χ1v) is 8.06. The van der Waals surface area contributed by atoms with Gasteiger partial charge in [-0.15, -0.1) is 0 Å². The van der Waals surface area contributed by atoms with Gasteiger partial charge in [-0.3, -0.25) is 0 Å². The van der Waals surface area contributed by atoms with Gasteiger partial charge in [-0.25, -0.2) is 0 Å². The zero-order valence-electron chi connectivity index (χ0n) is 13.1. The molecule has 0 aromatic heterocycles. The number of ether oxygens (including phenoxy) is 1. The minimum absolute atomic E-state index is 0.0432. The van der Waals surface area contributed by atoms with E-state index >= 15 is 0 Å². The average Bonchev–Trinajstić information content (AvgIpc) is 3.02. The Hall–Kier alpha value is -1.38. The molecule has 2 heteroatoms. The molecule has 0 bridgehead atoms. The number of fused-ring (bicyclic) bond motifs is 1. The zero-order chi connectivity index (χ0) is 14.7. The highest BCUT2D eigenvalue weighted by atomic mass is 16.5. The molecule has 1 N–H and O–H groups in total. The van der Waals surface area contributed by atoms with Gasteiger partial charge in [-0.05, 0) is 41.8 Å². The maximum Gasteiger partial charge on any atom is 0.0872 e. The van der Waals surface area contributed by atoms with Crippen molar-refractivity contribution in [2.75, 3.05) is 13.7 Å². The van der Waals surface area contributed by atoms with Gasteiger partial charge in [0.15, 0.2) is 0 Å². The molecule has 1 aliphatic carbocycles. The number of likely N-dealkylation sites (N-methyl/N-ethyl adjacent to an activating group) is 1. The fourth-order valence-electron chi connectivity index (χ4n) is 3.78. The largest absolute Gasteiger partial charge is 0.376 e. The first-order valence-electron chi connectivity index (χ1n) is 8.06. The quantitative estimate of drug-likeness (QED) is 0.875. The van der Waals surface area contributed by atoms with Crippen LogP contribution in [-0.2, 0) is 4.74 Å². The van der Waals surface area contributed by atoms with E-state index < -0.39 is 0 Å². The Balaban J connectivity index is 2.02. The lowest BCUT2D eigenvalue weighted by Gasteiger charge is -2.37. The Morgan fingerprint density at radius 1 is 1.10 bits per heavy atom. The van der Waals surface area contributed by atoms with Crippen molar-refractivity contribution in [3.8, 4) is 0 Å². The minimum atomic E-state index is -0.0432. The molecule has 1 saturated carbocycles. The topological polar surface area (TPSA) is 21.3 Å². The third-order valence-electron chi connectivity index (χ3n) is 4.90. The highest BCUT2D eigenvalue weighted by molar-refractivity contribution is 5.83. The Morgan fingerprint density at radius 2 is 1.81 bits per heavy atom. The molecule has 1 atom stereocenters. The van der Waals surface area contributed by atoms with Crippen molar-refractivity contribution >= 4 is 10.8 Å². The standard InChI is InChI=1S/C19H25NO/c1-3-20-18(19(21-2)12-6-7-13-19)17-11-10-15-8-4-5-9-16(15)14-17/h4-5,8-11,14,18,20H,3,6-7,12-13H2,1-2H3. The number of rotatable bonds is 5. The molecule has 2 nitrogen and oxygen atoms in total. The van der Waals surface area contributed by atoms with E-state index in [0.717, 1.165) is 19.4 Å². The maximum atomic E-state index is 6.02. The third kappa shape index (κ3) is 2.70. The van der Waals surface area contributed by atoms with Gasteiger partial charge in [-0.1, -0.05) is 56.2 Å². The minimum Gasteiger partial charge on any atom is -0.376 e. The first kappa shape index (κ1) is 14.6. The van der Waals surface area contributed by atoms with Crippen molar-refractivity contribution < 1.29 is 4.74 Å². The molecule has 0 spiro atoms. The van der Waals surface area contributed by atoms with Crippen LogP contribution in [0.15, 0.2) is 42.5 Å². The monoisotopic (exact) mass is 283 g/mol. The van der Waals surface area contributed by atoms with E-state index in [2.05, 4.69) is 54.7 Å². The van der Waals surface area contributed by atoms with Gasteiger partial charge < -0.3 is 10.1 Å². The van der Waals surface area contributed by atoms with Crippen LogP contribution < -0.4 is 5.32 Å². The molecular formula is C19H25NO. The summed E-state index contributed by atoms with van der Waals surface area (Å²) in [5.41, 5.74) is 1.30. The number of nitrogens with one attached hydrogen (secondary N) is 1. The summed E-state index contributed by atoms with van der Waals surface area (Å²) in [5.74, 6) is 0. The normalized spacial score (nSPS) is 19.0. The number of hydrogen-bond acceptors (Lipinski definition) is 2. The lowest BCUT2D eigenvalue weighted by molar-refractivity contribution is -0.0363. The summed E-state index contributed by atoms with van der Waals surface area (Å²) < 4.78 is 6.02. The van der Waals surface area contributed by atoms with E-state index in [4.69, 9.17) is 4.74 Å². The molecule has 2 aromatic carbocycles. The van der Waals surface area contributed by atoms with E-state index in [0.29, 0.717) is 0 Å². The average molecular weight is 283 g/mol. The van der Waals surface area contributed by atoms with Gasteiger partial charge >= 0.3 is 0 Å². The van der Waals surface area contributed by atoms with E-state index in [1.165, 1.54) is 29.2 Å². The van der Waals surface area contributed by atoms with Crippen molar-refractivity contribution in [1.29, 1.82) is 0 Å². The molecule has 2 aromatic rings. The van der Waals surface area contributed by atoms with E-state index in [9.17, 15) is 0 Å². The summed E-state index contributed by atoms with van der Waals surface area (Å²) >= 11 is 0. The van der Waals surface area contributed by atoms with Crippen molar-refractivity contribution in [3.63, 3.8) is 0 Å². The second-order valence-corrected chi connectivity index (χ2v) is 6.07. The molecule has 0 saturated heterocycles. The Kier molecular flexibility index (Phi) is 4.27. The van der Waals surface area contributed by atoms with Crippen LogP contribution in [0.3, 0.4) is 0 Å². The molecule has 0 heterocycles. The maximum absolute atomic E-state index is 6.02. The highest BCUT2D eigenvalue weighted by Crippen LogP contribution is 2.43. The second kappa shape index (κ2) is 6.17. The van der Waals surface area contributed by atoms with E-state index in [1.54, 1.807) is 0 Å². The predicted octanol–water partition coefficient (Wildman–Crippen LogP) is 4.45. The Morgan fingerprint density at radius 3 is 2.48 bits per heavy atom. The second-order valence-electron chi connectivity index (χ2n) is 6.07. The van der Waals surface area contributed by atoms with Crippen LogP contribution in [0.1, 0.15) is 44.2 Å². The zero-order valence-corrected chi connectivity index (χ0v) is 13.1. The van der Waals surface area contributed by atoms with Gasteiger partial charge in [0, 0.05) is 7.11 Å². The molecule has 112 valence electrons. The molecule has 21 heavy (non-hydrogen) atoms. The van der Waals surface area contributed by atoms with Gasteiger partial charge in [0.05, 0.1) is 11.6 Å². The smallest absolute Gasteiger partial charge is 0.0872 e. The van der Waals surface area contributed by atoms with E-state index in [-0.39, 0.29) is 11.6 Å². The number of hydrogen-bond donors (Lipinski definition) is 1. The van der Waals surface area contributed by atoms with Crippen LogP contribution in [0.5, 0.6) is 0 Å². The Labute approximate surface area is 127 Å². The van der Waals surface area contributed by atoms with Crippen molar-refractivity contribution in [1.82, 2.24) is 5.32 Å². The van der Waals surface area contributed by atoms with Gasteiger partial charge in [0.25, 0.3) is 0 Å². The molecule has 0 aliphatic heterocycles. The summed E-state index contributed by atoms with van der Waals surface area (Å²) in [6.07, 6.45) is 4.83. The van der Waals surface area contributed by atoms with Crippen molar-refractivity contribution in [2.24, 2.45) is 0 Å². The van der Waals surface area contributed by atoms with Crippen LogP contribution in [-0.4, -0.2) is 19.3 Å². The fraction of sp³-hybridized carbons (Fsp3) is 0.474. The predicted molar refractivity (Wildman–Crippen MR) is 88.6 cm³/mol. The van der Waals surface area contributed by atoms with Crippen LogP contribution >= 0.6 is 0 Å². The summed E-state index contributed by atoms with van der Waals surface area (Å²) in [7, 11) is 1.87. The fourth-order valence-corrected chi connectivity index (χ4v) is 3.78. The third-order valence-corrected chi connectivity index (χ3v) is 4.90. The SMILES string of the molecule is CCNC(c1ccc2ccccc2c1)C1(OC)CCCC1. The summed E-state index contributed by atoms with van der Waals surface area (Å²) in [6.45, 7) is 3.13. The number of methoxy groups -OCH3 is 1. The highest BCUT2D eigenvalue weighted by Gasteiger charge is 2.42. The summed E-state index contributed by atoms with van der Waals surface area (Å²) in [6, 6.07) is 15.6. The van der Waals surface area contributed by atoms with Crippen molar-refractivity contribution in [3.05, 3.63) is 48.0 Å². The molecule has 0 amide bonds. The van der Waals surface area contributed by atoms with Crippen molar-refractivity contribution in [2.45, 2.75) is 44.2 Å². The first-order chi connectivity index (χ1) is 10.3. The molecular weight excluding hydrogens is 258 g/mol. The van der Waals surface area contributed by atoms with Crippen LogP contribution in [0.4, 0.5) is 0 Å². The molecule has 1 unspecified atom stereocenters. The lowest BCUT2D eigenvalue weighted by Crippen LogP contribution is -2.43. The van der Waals surface area contributed by atoms with Gasteiger partial charge in [-0.2, -0.15) is 0 Å². The molecule has 3 rings (SSSR count). The van der Waals surface area contributed by atoms with Gasteiger partial charge in [0.2, 0.25) is 0 Å². The van der Waals surface area contributed by atoms with Gasteiger partial charge in [0.1, 0.15) is 0 Å². The molecule has 0 radical (unpaired) electrons. The van der Waals surface area contributed by atoms with Crippen LogP contribution in [0, 0.1) is 0 Å². The van der Waals surface area contributed by atoms with Crippen LogP contribution in [0.2, 0.25) is 0 Å². The number of benzene rings is 2. The molecule has 1 aliphatic rings.